The molecule has 0 saturated carbocycles. The first kappa shape index (κ1) is 14.8. The van der Waals surface area contributed by atoms with Crippen molar-refractivity contribution in [3.63, 3.8) is 0 Å². The second-order valence-electron chi connectivity index (χ2n) is 4.16. The lowest BCUT2D eigenvalue weighted by atomic mass is 10.1. The minimum atomic E-state index is -0.377. The third-order valence-electron chi connectivity index (χ3n) is 2.50. The van der Waals surface area contributed by atoms with Crippen LogP contribution in [0.3, 0.4) is 0 Å². The molecule has 0 fully saturated rings. The van der Waals surface area contributed by atoms with E-state index in [0.29, 0.717) is 25.2 Å². The van der Waals surface area contributed by atoms with Crippen LogP contribution in [0.5, 0.6) is 11.5 Å². The van der Waals surface area contributed by atoms with Crippen molar-refractivity contribution in [1.29, 1.82) is 0 Å². The highest BCUT2D eigenvalue weighted by Crippen LogP contribution is 2.29. The molecular weight excluding hydrogens is 232 g/mol. The quantitative estimate of drug-likeness (QED) is 0.553. The lowest BCUT2D eigenvalue weighted by Crippen LogP contribution is -2.21. The summed E-state index contributed by atoms with van der Waals surface area (Å²) >= 11 is 0. The van der Waals surface area contributed by atoms with Crippen molar-refractivity contribution >= 4 is 0 Å². The standard InChI is InChI=1S/C14H22O4/c1-3-8-17-13(18-9-4-2)10-11-6-5-7-12(15)14(11)16/h5-7,13,15-16H,3-4,8-10H2,1-2H3. The molecule has 0 radical (unpaired) electrons. The summed E-state index contributed by atoms with van der Waals surface area (Å²) in [6.07, 6.45) is 1.88. The molecule has 0 aliphatic heterocycles. The van der Waals surface area contributed by atoms with Crippen molar-refractivity contribution in [2.45, 2.75) is 39.4 Å². The predicted octanol–water partition coefficient (Wildman–Crippen LogP) is 2.82. The molecule has 1 aromatic rings. The van der Waals surface area contributed by atoms with Gasteiger partial charge in [0, 0.05) is 25.2 Å². The second kappa shape index (κ2) is 7.95. The van der Waals surface area contributed by atoms with Crippen LogP contribution >= 0.6 is 0 Å². The molecule has 4 heteroatoms. The van der Waals surface area contributed by atoms with Crippen LogP contribution in [0, 0.1) is 0 Å². The Kier molecular flexibility index (Phi) is 6.54. The van der Waals surface area contributed by atoms with Crippen molar-refractivity contribution in [1.82, 2.24) is 0 Å². The maximum atomic E-state index is 9.74. The Morgan fingerprint density at radius 1 is 1.06 bits per heavy atom. The highest BCUT2D eigenvalue weighted by molar-refractivity contribution is 5.44. The fourth-order valence-electron chi connectivity index (χ4n) is 1.59. The highest BCUT2D eigenvalue weighted by atomic mass is 16.7. The third-order valence-corrected chi connectivity index (χ3v) is 2.50. The molecular formula is C14H22O4. The maximum Gasteiger partial charge on any atom is 0.161 e. The van der Waals surface area contributed by atoms with Gasteiger partial charge in [0.15, 0.2) is 17.8 Å². The van der Waals surface area contributed by atoms with Crippen LogP contribution in [0.1, 0.15) is 32.3 Å². The first-order valence-electron chi connectivity index (χ1n) is 6.42. The number of aromatic hydroxyl groups is 2. The van der Waals surface area contributed by atoms with Crippen molar-refractivity contribution in [3.8, 4) is 11.5 Å². The van der Waals surface area contributed by atoms with E-state index in [-0.39, 0.29) is 17.8 Å². The number of rotatable bonds is 8. The molecule has 0 heterocycles. The average molecular weight is 254 g/mol. The fraction of sp³-hybridized carbons (Fsp3) is 0.571. The molecule has 18 heavy (non-hydrogen) atoms. The van der Waals surface area contributed by atoms with Gasteiger partial charge >= 0.3 is 0 Å². The van der Waals surface area contributed by atoms with Gasteiger partial charge in [-0.05, 0) is 18.9 Å². The van der Waals surface area contributed by atoms with Gasteiger partial charge < -0.3 is 19.7 Å². The molecule has 0 spiro atoms. The summed E-state index contributed by atoms with van der Waals surface area (Å²) in [5.41, 5.74) is 0.632. The van der Waals surface area contributed by atoms with E-state index in [2.05, 4.69) is 0 Å². The molecule has 0 amide bonds. The summed E-state index contributed by atoms with van der Waals surface area (Å²) in [6, 6.07) is 4.90. The van der Waals surface area contributed by atoms with Gasteiger partial charge in [0.05, 0.1) is 0 Å². The summed E-state index contributed by atoms with van der Waals surface area (Å²) in [7, 11) is 0. The summed E-state index contributed by atoms with van der Waals surface area (Å²) in [5.74, 6) is -0.208. The van der Waals surface area contributed by atoms with Crippen molar-refractivity contribution in [2.75, 3.05) is 13.2 Å². The van der Waals surface area contributed by atoms with Crippen LogP contribution < -0.4 is 0 Å². The molecule has 0 saturated heterocycles. The Morgan fingerprint density at radius 2 is 1.67 bits per heavy atom. The minimum Gasteiger partial charge on any atom is -0.504 e. The Bertz CT molecular complexity index is 344. The first-order chi connectivity index (χ1) is 8.69. The lowest BCUT2D eigenvalue weighted by Gasteiger charge is -2.18. The molecule has 2 N–H and O–H groups in total. The van der Waals surface area contributed by atoms with Gasteiger partial charge in [-0.25, -0.2) is 0 Å². The van der Waals surface area contributed by atoms with E-state index >= 15 is 0 Å². The molecule has 1 aromatic carbocycles. The Morgan fingerprint density at radius 3 is 2.22 bits per heavy atom. The van der Waals surface area contributed by atoms with E-state index in [9.17, 15) is 10.2 Å². The van der Waals surface area contributed by atoms with Gasteiger partial charge in [-0.3, -0.25) is 0 Å². The number of ether oxygens (including phenoxy) is 2. The summed E-state index contributed by atoms with van der Waals surface area (Å²) in [4.78, 5) is 0. The molecule has 0 aliphatic rings. The summed E-state index contributed by atoms with van der Waals surface area (Å²) < 4.78 is 11.2. The van der Waals surface area contributed by atoms with E-state index in [1.54, 1.807) is 12.1 Å². The van der Waals surface area contributed by atoms with Crippen LogP contribution in [-0.4, -0.2) is 29.7 Å². The van der Waals surface area contributed by atoms with Crippen LogP contribution in [-0.2, 0) is 15.9 Å². The molecule has 102 valence electrons. The normalized spacial score (nSPS) is 11.1. The number of para-hydroxylation sites is 1. The summed E-state index contributed by atoms with van der Waals surface area (Å²) in [5, 5.41) is 19.2. The SMILES string of the molecule is CCCOC(Cc1cccc(O)c1O)OCCC. The van der Waals surface area contributed by atoms with Crippen molar-refractivity contribution < 1.29 is 19.7 Å². The third kappa shape index (κ3) is 4.55. The molecule has 1 rings (SSSR count). The van der Waals surface area contributed by atoms with E-state index in [4.69, 9.17) is 9.47 Å². The van der Waals surface area contributed by atoms with Gasteiger partial charge in [0.2, 0.25) is 0 Å². The molecule has 0 aliphatic carbocycles. The average Bonchev–Trinajstić information content (AvgIpc) is 2.38. The largest absolute Gasteiger partial charge is 0.504 e. The topological polar surface area (TPSA) is 58.9 Å². The number of hydrogen-bond donors (Lipinski definition) is 2. The number of phenolic OH excluding ortho intramolecular Hbond substituents is 2. The van der Waals surface area contributed by atoms with E-state index in [1.165, 1.54) is 6.07 Å². The van der Waals surface area contributed by atoms with E-state index in [1.807, 2.05) is 13.8 Å². The zero-order valence-electron chi connectivity index (χ0n) is 11.1. The smallest absolute Gasteiger partial charge is 0.161 e. The molecule has 4 nitrogen and oxygen atoms in total. The van der Waals surface area contributed by atoms with Gasteiger partial charge in [-0.2, -0.15) is 0 Å². The van der Waals surface area contributed by atoms with Crippen LogP contribution in [0.25, 0.3) is 0 Å². The number of benzene rings is 1. The van der Waals surface area contributed by atoms with Gasteiger partial charge in [-0.15, -0.1) is 0 Å². The van der Waals surface area contributed by atoms with Crippen LogP contribution in [0.15, 0.2) is 18.2 Å². The van der Waals surface area contributed by atoms with Crippen molar-refractivity contribution in [2.24, 2.45) is 0 Å². The number of hydrogen-bond acceptors (Lipinski definition) is 4. The van der Waals surface area contributed by atoms with E-state index in [0.717, 1.165) is 12.8 Å². The summed E-state index contributed by atoms with van der Waals surface area (Å²) in [6.45, 7) is 5.30. The van der Waals surface area contributed by atoms with Gasteiger partial charge in [0.1, 0.15) is 0 Å². The molecule has 0 aromatic heterocycles. The maximum absolute atomic E-state index is 9.74. The highest BCUT2D eigenvalue weighted by Gasteiger charge is 2.14. The predicted molar refractivity (Wildman–Crippen MR) is 69.7 cm³/mol. The molecule has 0 atom stereocenters. The van der Waals surface area contributed by atoms with Crippen molar-refractivity contribution in [3.05, 3.63) is 23.8 Å². The van der Waals surface area contributed by atoms with Gasteiger partial charge in [0.25, 0.3) is 0 Å². The first-order valence-corrected chi connectivity index (χ1v) is 6.42. The lowest BCUT2D eigenvalue weighted by molar-refractivity contribution is -0.141. The zero-order valence-corrected chi connectivity index (χ0v) is 11.1. The Hall–Kier alpha value is -1.26. The molecule has 0 unspecified atom stereocenters. The van der Waals surface area contributed by atoms with Crippen LogP contribution in [0.2, 0.25) is 0 Å². The Balaban J connectivity index is 2.65. The van der Waals surface area contributed by atoms with E-state index < -0.39 is 0 Å². The fourth-order valence-corrected chi connectivity index (χ4v) is 1.59. The minimum absolute atomic E-state index is 0.0947. The Labute approximate surface area is 108 Å². The van der Waals surface area contributed by atoms with Gasteiger partial charge in [-0.1, -0.05) is 26.0 Å². The number of phenols is 2. The van der Waals surface area contributed by atoms with Crippen LogP contribution in [0.4, 0.5) is 0 Å². The molecule has 0 bridgehead atoms. The second-order valence-corrected chi connectivity index (χ2v) is 4.16. The zero-order chi connectivity index (χ0) is 13.4. The monoisotopic (exact) mass is 254 g/mol.